The summed E-state index contributed by atoms with van der Waals surface area (Å²) in [5, 5.41) is 11.5. The Balaban J connectivity index is 1.43. The molecule has 4 aromatic rings. The number of aromatic amines is 1. The van der Waals surface area contributed by atoms with Crippen LogP contribution < -0.4 is 15.0 Å². The number of nitrogens with zero attached hydrogens (tertiary/aromatic N) is 3. The highest BCUT2D eigenvalue weighted by molar-refractivity contribution is 5.79. The minimum Gasteiger partial charge on any atom is -0.497 e. The van der Waals surface area contributed by atoms with Crippen LogP contribution in [0.4, 0.5) is 5.69 Å². The van der Waals surface area contributed by atoms with Crippen molar-refractivity contribution in [3.63, 3.8) is 0 Å². The Kier molecular flexibility index (Phi) is 6.44. The molecule has 7 heteroatoms. The SMILES string of the molecule is COc1cccc(CN(Cc2ccc3cn[nH]c3c2)c2cccc(CN3CCNCC3=O)c2)c1. The molecule has 1 aliphatic heterocycles. The predicted molar refractivity (Wildman–Crippen MR) is 134 cm³/mol. The molecular weight excluding hydrogens is 426 g/mol. The summed E-state index contributed by atoms with van der Waals surface area (Å²) in [6.45, 7) is 4.08. The summed E-state index contributed by atoms with van der Waals surface area (Å²) in [5.74, 6) is 1.00. The van der Waals surface area contributed by atoms with E-state index in [9.17, 15) is 4.79 Å². The lowest BCUT2D eigenvalue weighted by molar-refractivity contribution is -0.132. The first-order valence-corrected chi connectivity index (χ1v) is 11.6. The molecule has 0 unspecified atom stereocenters. The van der Waals surface area contributed by atoms with Gasteiger partial charge in [-0.3, -0.25) is 9.89 Å². The Morgan fingerprint density at radius 2 is 1.82 bits per heavy atom. The maximum Gasteiger partial charge on any atom is 0.236 e. The third-order valence-electron chi connectivity index (χ3n) is 6.22. The molecule has 1 fully saturated rings. The average Bonchev–Trinajstić information content (AvgIpc) is 3.33. The fraction of sp³-hybridized carbons (Fsp3) is 0.259. The van der Waals surface area contributed by atoms with Gasteiger partial charge in [0.15, 0.2) is 0 Å². The fourth-order valence-corrected chi connectivity index (χ4v) is 4.42. The fourth-order valence-electron chi connectivity index (χ4n) is 4.42. The molecule has 1 aliphatic rings. The summed E-state index contributed by atoms with van der Waals surface area (Å²) in [7, 11) is 1.69. The van der Waals surface area contributed by atoms with E-state index in [4.69, 9.17) is 4.74 Å². The monoisotopic (exact) mass is 455 g/mol. The second-order valence-electron chi connectivity index (χ2n) is 8.66. The summed E-state index contributed by atoms with van der Waals surface area (Å²) in [6, 6.07) is 23.1. The van der Waals surface area contributed by atoms with Crippen molar-refractivity contribution in [2.75, 3.05) is 31.6 Å². The van der Waals surface area contributed by atoms with Gasteiger partial charge in [-0.25, -0.2) is 0 Å². The van der Waals surface area contributed by atoms with Gasteiger partial charge in [-0.1, -0.05) is 36.4 Å². The first kappa shape index (κ1) is 22.0. The highest BCUT2D eigenvalue weighted by Crippen LogP contribution is 2.25. The lowest BCUT2D eigenvalue weighted by atomic mass is 10.1. The second-order valence-corrected chi connectivity index (χ2v) is 8.66. The van der Waals surface area contributed by atoms with E-state index in [2.05, 4.69) is 75.0 Å². The van der Waals surface area contributed by atoms with Gasteiger partial charge >= 0.3 is 0 Å². The topological polar surface area (TPSA) is 73.5 Å². The number of H-pyrrole nitrogens is 1. The summed E-state index contributed by atoms with van der Waals surface area (Å²) < 4.78 is 5.44. The van der Waals surface area contributed by atoms with Crippen LogP contribution in [0.5, 0.6) is 5.75 Å². The lowest BCUT2D eigenvalue weighted by Gasteiger charge is -2.29. The van der Waals surface area contributed by atoms with Crippen molar-refractivity contribution in [2.24, 2.45) is 0 Å². The Hall–Kier alpha value is -3.84. The molecule has 1 amide bonds. The van der Waals surface area contributed by atoms with Gasteiger partial charge < -0.3 is 19.9 Å². The van der Waals surface area contributed by atoms with Gasteiger partial charge in [0.25, 0.3) is 0 Å². The molecule has 0 bridgehead atoms. The number of carbonyl (C=O) groups excluding carboxylic acids is 1. The highest BCUT2D eigenvalue weighted by atomic mass is 16.5. The predicted octanol–water partition coefficient (Wildman–Crippen LogP) is 3.71. The zero-order valence-corrected chi connectivity index (χ0v) is 19.3. The molecule has 1 saturated heterocycles. The third-order valence-corrected chi connectivity index (χ3v) is 6.22. The normalized spacial score (nSPS) is 13.9. The van der Waals surface area contributed by atoms with E-state index in [0.717, 1.165) is 54.1 Å². The molecule has 174 valence electrons. The van der Waals surface area contributed by atoms with Crippen molar-refractivity contribution in [2.45, 2.75) is 19.6 Å². The van der Waals surface area contributed by atoms with Crippen molar-refractivity contribution in [3.8, 4) is 5.75 Å². The number of carbonyl (C=O) groups is 1. The van der Waals surface area contributed by atoms with Crippen LogP contribution in [0.3, 0.4) is 0 Å². The van der Waals surface area contributed by atoms with Crippen LogP contribution in [0.15, 0.2) is 72.9 Å². The molecule has 34 heavy (non-hydrogen) atoms. The van der Waals surface area contributed by atoms with Crippen molar-refractivity contribution < 1.29 is 9.53 Å². The van der Waals surface area contributed by atoms with Gasteiger partial charge in [-0.2, -0.15) is 5.10 Å². The van der Waals surface area contributed by atoms with Crippen molar-refractivity contribution in [3.05, 3.63) is 89.6 Å². The number of piperazine rings is 1. The van der Waals surface area contributed by atoms with E-state index in [1.807, 2.05) is 23.2 Å². The number of rotatable bonds is 8. The van der Waals surface area contributed by atoms with Crippen molar-refractivity contribution in [1.29, 1.82) is 0 Å². The van der Waals surface area contributed by atoms with Crippen molar-refractivity contribution in [1.82, 2.24) is 20.4 Å². The lowest BCUT2D eigenvalue weighted by Crippen LogP contribution is -2.47. The van der Waals surface area contributed by atoms with Crippen LogP contribution in [0.25, 0.3) is 10.9 Å². The largest absolute Gasteiger partial charge is 0.497 e. The molecule has 2 N–H and O–H groups in total. The van der Waals surface area contributed by atoms with Crippen LogP contribution in [0, 0.1) is 0 Å². The molecule has 0 radical (unpaired) electrons. The van der Waals surface area contributed by atoms with Gasteiger partial charge in [0.05, 0.1) is 25.4 Å². The van der Waals surface area contributed by atoms with Crippen molar-refractivity contribution >= 4 is 22.5 Å². The van der Waals surface area contributed by atoms with E-state index >= 15 is 0 Å². The van der Waals surface area contributed by atoms with Crippen LogP contribution in [0.2, 0.25) is 0 Å². The van der Waals surface area contributed by atoms with Crippen LogP contribution in [-0.2, 0) is 24.4 Å². The number of aromatic nitrogens is 2. The van der Waals surface area contributed by atoms with Gasteiger partial charge in [-0.15, -0.1) is 0 Å². The van der Waals surface area contributed by atoms with E-state index in [0.29, 0.717) is 13.1 Å². The van der Waals surface area contributed by atoms with Gasteiger partial charge in [-0.05, 0) is 47.0 Å². The molecule has 3 aromatic carbocycles. The van der Waals surface area contributed by atoms with Crippen LogP contribution in [0.1, 0.15) is 16.7 Å². The molecule has 0 atom stereocenters. The number of hydrogen-bond acceptors (Lipinski definition) is 5. The smallest absolute Gasteiger partial charge is 0.236 e. The number of ether oxygens (including phenoxy) is 1. The Morgan fingerprint density at radius 1 is 1.00 bits per heavy atom. The molecule has 2 heterocycles. The summed E-state index contributed by atoms with van der Waals surface area (Å²) in [4.78, 5) is 16.6. The Morgan fingerprint density at radius 3 is 2.68 bits per heavy atom. The number of nitrogens with one attached hydrogen (secondary N) is 2. The zero-order valence-electron chi connectivity index (χ0n) is 19.3. The second kappa shape index (κ2) is 9.97. The van der Waals surface area contributed by atoms with Crippen LogP contribution in [-0.4, -0.2) is 47.7 Å². The van der Waals surface area contributed by atoms with E-state index in [1.165, 1.54) is 11.1 Å². The van der Waals surface area contributed by atoms with E-state index in [-0.39, 0.29) is 5.91 Å². The van der Waals surface area contributed by atoms with E-state index < -0.39 is 0 Å². The average molecular weight is 456 g/mol. The first-order chi connectivity index (χ1) is 16.7. The third kappa shape index (κ3) is 5.05. The van der Waals surface area contributed by atoms with Gasteiger partial charge in [0.2, 0.25) is 5.91 Å². The summed E-state index contributed by atoms with van der Waals surface area (Å²) >= 11 is 0. The van der Waals surface area contributed by atoms with Gasteiger partial charge in [0, 0.05) is 43.8 Å². The molecule has 0 spiro atoms. The number of hydrogen-bond donors (Lipinski definition) is 2. The number of methoxy groups -OCH3 is 1. The zero-order chi connectivity index (χ0) is 23.3. The Labute approximate surface area is 199 Å². The maximum absolute atomic E-state index is 12.3. The molecule has 0 aliphatic carbocycles. The minimum atomic E-state index is 0.151. The molecule has 1 aromatic heterocycles. The molecule has 5 rings (SSSR count). The summed E-state index contributed by atoms with van der Waals surface area (Å²) in [6.07, 6.45) is 1.84. The number of amides is 1. The summed E-state index contributed by atoms with van der Waals surface area (Å²) in [5.41, 5.74) is 5.65. The number of fused-ring (bicyclic) bond motifs is 1. The number of anilines is 1. The van der Waals surface area contributed by atoms with E-state index in [1.54, 1.807) is 7.11 Å². The highest BCUT2D eigenvalue weighted by Gasteiger charge is 2.18. The molecular formula is C27H29N5O2. The van der Waals surface area contributed by atoms with Gasteiger partial charge in [0.1, 0.15) is 5.75 Å². The molecule has 0 saturated carbocycles. The minimum absolute atomic E-state index is 0.151. The maximum atomic E-state index is 12.3. The first-order valence-electron chi connectivity index (χ1n) is 11.6. The Bertz CT molecular complexity index is 1280. The standard InChI is InChI=1S/C27H29N5O2/c1-34-25-7-3-5-21(13-25)18-32(19-22-8-9-23-15-29-30-26(23)14-22)24-6-2-4-20(12-24)17-31-11-10-28-16-27(31)33/h2-9,12-15,28H,10-11,16-19H2,1H3,(H,29,30). The quantitative estimate of drug-likeness (QED) is 0.424. The van der Waals surface area contributed by atoms with Crippen LogP contribution >= 0.6 is 0 Å². The molecule has 7 nitrogen and oxygen atoms in total. The number of benzene rings is 3.